The first-order chi connectivity index (χ1) is 13.1. The fraction of sp³-hybridized carbons (Fsp3) is 0.421. The minimum atomic E-state index is -0.117. The highest BCUT2D eigenvalue weighted by Gasteiger charge is 2.19. The normalized spacial score (nSPS) is 15.6. The van der Waals surface area contributed by atoms with Crippen LogP contribution in [-0.2, 0) is 13.1 Å². The van der Waals surface area contributed by atoms with Crippen LogP contribution in [0.4, 0.5) is 5.69 Å². The molecule has 1 aliphatic heterocycles. The molecule has 0 unspecified atom stereocenters. The number of nitrogens with zero attached hydrogens (tertiary/aromatic N) is 5. The number of anilines is 1. The Labute approximate surface area is 156 Å². The molecule has 27 heavy (non-hydrogen) atoms. The number of benzene rings is 1. The van der Waals surface area contributed by atoms with Gasteiger partial charge in [-0.3, -0.25) is 14.3 Å². The van der Waals surface area contributed by atoms with Crippen molar-refractivity contribution in [3.8, 4) is 0 Å². The largest absolute Gasteiger partial charge is 0.449 e. The molecule has 1 N–H and O–H groups in total. The monoisotopic (exact) mass is 369 g/mol. The Hall–Kier alpha value is -2.71. The summed E-state index contributed by atoms with van der Waals surface area (Å²) in [6.07, 6.45) is 3.22. The lowest BCUT2D eigenvalue weighted by molar-refractivity contribution is 0.247. The predicted molar refractivity (Wildman–Crippen MR) is 102 cm³/mol. The summed E-state index contributed by atoms with van der Waals surface area (Å²) in [4.78, 5) is 25.8. The SMILES string of the molecule is Cc1nc(CN2CCN(c3ccc4c(=O)n(CCO)cnc4c3)CC2)co1. The average molecular weight is 369 g/mol. The van der Waals surface area contributed by atoms with Crippen LogP contribution in [0.3, 0.4) is 0 Å². The van der Waals surface area contributed by atoms with Gasteiger partial charge in [0.1, 0.15) is 6.26 Å². The number of aliphatic hydroxyl groups excluding tert-OH is 1. The minimum absolute atomic E-state index is 0.0800. The van der Waals surface area contributed by atoms with Crippen LogP contribution in [0.2, 0.25) is 0 Å². The number of aliphatic hydroxyl groups is 1. The van der Waals surface area contributed by atoms with Crippen molar-refractivity contribution >= 4 is 16.6 Å². The summed E-state index contributed by atoms with van der Waals surface area (Å²) in [6.45, 7) is 6.53. The Kier molecular flexibility index (Phi) is 4.91. The Morgan fingerprint density at radius 1 is 1.22 bits per heavy atom. The lowest BCUT2D eigenvalue weighted by atomic mass is 10.2. The second kappa shape index (κ2) is 7.50. The number of rotatable bonds is 5. The van der Waals surface area contributed by atoms with E-state index in [1.807, 2.05) is 25.1 Å². The zero-order valence-corrected chi connectivity index (χ0v) is 15.3. The van der Waals surface area contributed by atoms with E-state index in [0.717, 1.165) is 44.1 Å². The number of oxazole rings is 1. The third kappa shape index (κ3) is 3.72. The Bertz CT molecular complexity index is 988. The first kappa shape index (κ1) is 17.7. The number of hydrogen-bond donors (Lipinski definition) is 1. The Morgan fingerprint density at radius 2 is 2.04 bits per heavy atom. The van der Waals surface area contributed by atoms with Gasteiger partial charge in [0.25, 0.3) is 5.56 Å². The van der Waals surface area contributed by atoms with Gasteiger partial charge in [-0.25, -0.2) is 9.97 Å². The van der Waals surface area contributed by atoms with Gasteiger partial charge in [-0.15, -0.1) is 0 Å². The van der Waals surface area contributed by atoms with Crippen molar-refractivity contribution in [2.45, 2.75) is 20.0 Å². The molecule has 0 bridgehead atoms. The van der Waals surface area contributed by atoms with E-state index < -0.39 is 0 Å². The Morgan fingerprint density at radius 3 is 2.74 bits per heavy atom. The summed E-state index contributed by atoms with van der Waals surface area (Å²) in [5.74, 6) is 0.699. The predicted octanol–water partition coefficient (Wildman–Crippen LogP) is 1.01. The van der Waals surface area contributed by atoms with Crippen LogP contribution >= 0.6 is 0 Å². The van der Waals surface area contributed by atoms with E-state index in [1.54, 1.807) is 6.26 Å². The maximum Gasteiger partial charge on any atom is 0.261 e. The standard InChI is InChI=1S/C19H23N5O3/c1-14-21-15(12-27-14)11-22-4-6-23(7-5-22)16-2-3-17-18(10-16)20-13-24(8-9-25)19(17)26/h2-3,10,12-13,25H,4-9,11H2,1H3. The van der Waals surface area contributed by atoms with Gasteiger partial charge in [-0.2, -0.15) is 0 Å². The second-order valence-electron chi connectivity index (χ2n) is 6.79. The molecular formula is C19H23N5O3. The van der Waals surface area contributed by atoms with Gasteiger partial charge in [-0.1, -0.05) is 0 Å². The maximum absolute atomic E-state index is 12.4. The zero-order valence-electron chi connectivity index (χ0n) is 15.3. The highest BCUT2D eigenvalue weighted by Crippen LogP contribution is 2.21. The average Bonchev–Trinajstić information content (AvgIpc) is 3.09. The molecule has 0 amide bonds. The van der Waals surface area contributed by atoms with Gasteiger partial charge in [0.15, 0.2) is 5.89 Å². The molecule has 1 aromatic carbocycles. The molecule has 0 radical (unpaired) electrons. The van der Waals surface area contributed by atoms with Crippen molar-refractivity contribution in [3.05, 3.63) is 52.7 Å². The van der Waals surface area contributed by atoms with E-state index >= 15 is 0 Å². The van der Waals surface area contributed by atoms with Gasteiger partial charge in [-0.05, 0) is 18.2 Å². The number of hydrogen-bond acceptors (Lipinski definition) is 7. The van der Waals surface area contributed by atoms with E-state index in [9.17, 15) is 4.79 Å². The smallest absolute Gasteiger partial charge is 0.261 e. The van der Waals surface area contributed by atoms with E-state index in [1.165, 1.54) is 10.9 Å². The fourth-order valence-corrected chi connectivity index (χ4v) is 3.48. The molecule has 0 spiro atoms. The fourth-order valence-electron chi connectivity index (χ4n) is 3.48. The Balaban J connectivity index is 1.45. The van der Waals surface area contributed by atoms with E-state index in [-0.39, 0.29) is 18.7 Å². The third-order valence-electron chi connectivity index (χ3n) is 4.94. The molecule has 8 heteroatoms. The minimum Gasteiger partial charge on any atom is -0.449 e. The van der Waals surface area contributed by atoms with E-state index in [2.05, 4.69) is 19.8 Å². The van der Waals surface area contributed by atoms with Crippen LogP contribution in [-0.4, -0.2) is 57.3 Å². The van der Waals surface area contributed by atoms with Crippen LogP contribution in [0.1, 0.15) is 11.6 Å². The molecule has 0 atom stereocenters. The van der Waals surface area contributed by atoms with Crippen LogP contribution in [0.15, 0.2) is 40.0 Å². The lowest BCUT2D eigenvalue weighted by Crippen LogP contribution is -2.46. The quantitative estimate of drug-likeness (QED) is 0.718. The van der Waals surface area contributed by atoms with Crippen LogP contribution in [0.5, 0.6) is 0 Å². The first-order valence-electron chi connectivity index (χ1n) is 9.12. The number of piperazine rings is 1. The summed E-state index contributed by atoms with van der Waals surface area (Å²) in [5, 5.41) is 9.62. The van der Waals surface area contributed by atoms with Crippen molar-refractivity contribution in [3.63, 3.8) is 0 Å². The summed E-state index contributed by atoms with van der Waals surface area (Å²) >= 11 is 0. The molecule has 0 saturated carbocycles. The molecule has 142 valence electrons. The van der Waals surface area contributed by atoms with Gasteiger partial charge in [0.2, 0.25) is 0 Å². The third-order valence-corrected chi connectivity index (χ3v) is 4.94. The molecular weight excluding hydrogens is 346 g/mol. The van der Waals surface area contributed by atoms with Crippen molar-refractivity contribution < 1.29 is 9.52 Å². The molecule has 3 heterocycles. The molecule has 2 aromatic heterocycles. The molecule has 1 saturated heterocycles. The summed E-state index contributed by atoms with van der Waals surface area (Å²) in [6, 6.07) is 5.78. The van der Waals surface area contributed by atoms with Gasteiger partial charge in [0, 0.05) is 45.3 Å². The second-order valence-corrected chi connectivity index (χ2v) is 6.79. The molecule has 3 aromatic rings. The summed E-state index contributed by atoms with van der Waals surface area (Å²) < 4.78 is 6.71. The molecule has 1 aliphatic rings. The number of aryl methyl sites for hydroxylation is 1. The maximum atomic E-state index is 12.4. The molecule has 8 nitrogen and oxygen atoms in total. The van der Waals surface area contributed by atoms with Crippen molar-refractivity contribution in [2.75, 3.05) is 37.7 Å². The molecule has 4 rings (SSSR count). The van der Waals surface area contributed by atoms with E-state index in [0.29, 0.717) is 16.8 Å². The molecule has 0 aliphatic carbocycles. The highest BCUT2D eigenvalue weighted by molar-refractivity contribution is 5.81. The zero-order chi connectivity index (χ0) is 18.8. The highest BCUT2D eigenvalue weighted by atomic mass is 16.3. The topological polar surface area (TPSA) is 87.6 Å². The van der Waals surface area contributed by atoms with Gasteiger partial charge >= 0.3 is 0 Å². The lowest BCUT2D eigenvalue weighted by Gasteiger charge is -2.35. The molecule has 1 fully saturated rings. The van der Waals surface area contributed by atoms with Crippen molar-refractivity contribution in [2.24, 2.45) is 0 Å². The summed E-state index contributed by atoms with van der Waals surface area (Å²) in [5.41, 5.74) is 2.61. The van der Waals surface area contributed by atoms with Crippen LogP contribution in [0.25, 0.3) is 10.9 Å². The van der Waals surface area contributed by atoms with Crippen molar-refractivity contribution in [1.82, 2.24) is 19.4 Å². The van der Waals surface area contributed by atoms with E-state index in [4.69, 9.17) is 9.52 Å². The summed E-state index contributed by atoms with van der Waals surface area (Å²) in [7, 11) is 0. The first-order valence-corrected chi connectivity index (χ1v) is 9.12. The van der Waals surface area contributed by atoms with Gasteiger partial charge in [0.05, 0.1) is 36.1 Å². The number of aromatic nitrogens is 3. The van der Waals surface area contributed by atoms with Crippen molar-refractivity contribution in [1.29, 1.82) is 0 Å². The van der Waals surface area contributed by atoms with Crippen LogP contribution < -0.4 is 10.5 Å². The van der Waals surface area contributed by atoms with Crippen LogP contribution in [0, 0.1) is 6.92 Å². The number of fused-ring (bicyclic) bond motifs is 1. The van der Waals surface area contributed by atoms with Gasteiger partial charge < -0.3 is 14.4 Å².